The van der Waals surface area contributed by atoms with Crippen LogP contribution in [0.15, 0.2) is 17.7 Å². The topological polar surface area (TPSA) is 81.0 Å². The molecule has 0 spiro atoms. The molecular formula is C12H18N4O2S. The van der Waals surface area contributed by atoms with Crippen LogP contribution in [0.4, 0.5) is 11.5 Å². The number of nitrogens with one attached hydrogen (secondary N) is 1. The van der Waals surface area contributed by atoms with Gasteiger partial charge < -0.3 is 5.32 Å². The van der Waals surface area contributed by atoms with Gasteiger partial charge in [-0.05, 0) is 13.8 Å². The van der Waals surface area contributed by atoms with Crippen molar-refractivity contribution in [3.8, 4) is 0 Å². The maximum Gasteiger partial charge on any atom is 0.343 e. The quantitative estimate of drug-likeness (QED) is 0.272. The van der Waals surface area contributed by atoms with Gasteiger partial charge in [0.25, 0.3) is 0 Å². The van der Waals surface area contributed by atoms with Crippen molar-refractivity contribution in [3.05, 3.63) is 28.6 Å². The molecule has 6 nitrogen and oxygen atoms in total. The first kappa shape index (κ1) is 15.4. The Kier molecular flexibility index (Phi) is 5.75. The molecule has 19 heavy (non-hydrogen) atoms. The number of nitro groups is 1. The van der Waals surface area contributed by atoms with Crippen LogP contribution in [0.5, 0.6) is 0 Å². The first-order chi connectivity index (χ1) is 8.99. The Balaban J connectivity index is 3.31. The van der Waals surface area contributed by atoms with Crippen LogP contribution >= 0.6 is 11.8 Å². The summed E-state index contributed by atoms with van der Waals surface area (Å²) in [5.41, 5.74) is -0.0576. The lowest BCUT2D eigenvalue weighted by Crippen LogP contribution is -2.15. The number of aryl methyl sites for hydroxylation is 1. The third-order valence-electron chi connectivity index (χ3n) is 2.16. The van der Waals surface area contributed by atoms with E-state index in [1.165, 1.54) is 11.8 Å². The lowest BCUT2D eigenvalue weighted by Gasteiger charge is -2.12. The lowest BCUT2D eigenvalue weighted by atomic mass is 10.3. The Labute approximate surface area is 116 Å². The zero-order chi connectivity index (χ0) is 14.4. The van der Waals surface area contributed by atoms with E-state index in [0.29, 0.717) is 28.8 Å². The Morgan fingerprint density at radius 2 is 2.21 bits per heavy atom. The molecular weight excluding hydrogens is 264 g/mol. The maximum atomic E-state index is 11.2. The molecule has 0 aliphatic carbocycles. The minimum absolute atomic E-state index is 0.0576. The summed E-state index contributed by atoms with van der Waals surface area (Å²) in [6.45, 7) is 9.35. The van der Waals surface area contributed by atoms with Crippen LogP contribution in [0, 0.1) is 10.1 Å². The number of rotatable bonds is 7. The van der Waals surface area contributed by atoms with Gasteiger partial charge in [-0.1, -0.05) is 24.8 Å². The van der Waals surface area contributed by atoms with Crippen molar-refractivity contribution < 1.29 is 4.92 Å². The average Bonchev–Trinajstić information content (AvgIpc) is 2.34. The molecule has 0 aromatic carbocycles. The Morgan fingerprint density at radius 3 is 2.68 bits per heavy atom. The van der Waals surface area contributed by atoms with E-state index in [1.807, 2.05) is 20.8 Å². The summed E-state index contributed by atoms with van der Waals surface area (Å²) in [5.74, 6) is 1.46. The van der Waals surface area contributed by atoms with Crippen molar-refractivity contribution in [3.63, 3.8) is 0 Å². The standard InChI is InChI=1S/C12H18N4O2S/c1-5-7-19-12-10(16(17)18)11(13-8(3)4)14-9(6-2)15-12/h5,8H,1,6-7H2,2-4H3,(H,13,14,15). The fraction of sp³-hybridized carbons (Fsp3) is 0.500. The molecule has 0 bridgehead atoms. The van der Waals surface area contributed by atoms with E-state index in [2.05, 4.69) is 21.9 Å². The minimum Gasteiger partial charge on any atom is -0.362 e. The van der Waals surface area contributed by atoms with Gasteiger partial charge in [-0.3, -0.25) is 10.1 Å². The average molecular weight is 282 g/mol. The molecule has 1 N–H and O–H groups in total. The number of thioether (sulfide) groups is 1. The lowest BCUT2D eigenvalue weighted by molar-refractivity contribution is -0.387. The molecule has 7 heteroatoms. The third-order valence-corrected chi connectivity index (χ3v) is 3.12. The van der Waals surface area contributed by atoms with Gasteiger partial charge in [0, 0.05) is 18.2 Å². The summed E-state index contributed by atoms with van der Waals surface area (Å²) >= 11 is 1.30. The summed E-state index contributed by atoms with van der Waals surface area (Å²) < 4.78 is 0. The number of hydrogen-bond donors (Lipinski definition) is 1. The van der Waals surface area contributed by atoms with E-state index >= 15 is 0 Å². The van der Waals surface area contributed by atoms with E-state index < -0.39 is 4.92 Å². The molecule has 104 valence electrons. The summed E-state index contributed by atoms with van der Waals surface area (Å²) in [6, 6.07) is 0.0653. The molecule has 1 heterocycles. The van der Waals surface area contributed by atoms with Crippen molar-refractivity contribution in [2.24, 2.45) is 0 Å². The molecule has 0 atom stereocenters. The molecule has 0 fully saturated rings. The van der Waals surface area contributed by atoms with Gasteiger partial charge in [0.1, 0.15) is 5.82 Å². The molecule has 0 radical (unpaired) electrons. The first-order valence-electron chi connectivity index (χ1n) is 6.05. The fourth-order valence-electron chi connectivity index (χ4n) is 1.41. The van der Waals surface area contributed by atoms with Gasteiger partial charge >= 0.3 is 5.69 Å². The predicted molar refractivity (Wildman–Crippen MR) is 77.7 cm³/mol. The molecule has 0 amide bonds. The second kappa shape index (κ2) is 7.08. The van der Waals surface area contributed by atoms with Crippen LogP contribution in [0.25, 0.3) is 0 Å². The van der Waals surface area contributed by atoms with Gasteiger partial charge in [-0.2, -0.15) is 0 Å². The summed E-state index contributed by atoms with van der Waals surface area (Å²) in [5, 5.41) is 14.6. The van der Waals surface area contributed by atoms with Gasteiger partial charge in [0.2, 0.25) is 5.82 Å². The predicted octanol–water partition coefficient (Wildman–Crippen LogP) is 3.05. The van der Waals surface area contributed by atoms with E-state index in [-0.39, 0.29) is 11.7 Å². The van der Waals surface area contributed by atoms with Crippen molar-refractivity contribution in [1.82, 2.24) is 9.97 Å². The minimum atomic E-state index is -0.435. The molecule has 1 rings (SSSR count). The fourth-order valence-corrected chi connectivity index (χ4v) is 2.17. The number of aromatic nitrogens is 2. The molecule has 0 aliphatic rings. The van der Waals surface area contributed by atoms with Gasteiger partial charge in [0.05, 0.1) is 4.92 Å². The Morgan fingerprint density at radius 1 is 1.53 bits per heavy atom. The molecule has 0 saturated heterocycles. The molecule has 0 saturated carbocycles. The molecule has 0 unspecified atom stereocenters. The van der Waals surface area contributed by atoms with Gasteiger partial charge in [-0.25, -0.2) is 9.97 Å². The number of hydrogen-bond acceptors (Lipinski definition) is 6. The molecule has 1 aromatic rings. The molecule has 0 aliphatic heterocycles. The zero-order valence-electron chi connectivity index (χ0n) is 11.3. The third kappa shape index (κ3) is 4.20. The van der Waals surface area contributed by atoms with Crippen molar-refractivity contribution >= 4 is 23.3 Å². The Hall–Kier alpha value is -1.63. The highest BCUT2D eigenvalue weighted by Gasteiger charge is 2.24. The Bertz CT molecular complexity index is 477. The highest BCUT2D eigenvalue weighted by atomic mass is 32.2. The van der Waals surface area contributed by atoms with Crippen LogP contribution in [0.1, 0.15) is 26.6 Å². The van der Waals surface area contributed by atoms with E-state index in [0.717, 1.165) is 0 Å². The van der Waals surface area contributed by atoms with Crippen molar-refractivity contribution in [2.75, 3.05) is 11.1 Å². The van der Waals surface area contributed by atoms with Crippen molar-refractivity contribution in [1.29, 1.82) is 0 Å². The smallest absolute Gasteiger partial charge is 0.343 e. The maximum absolute atomic E-state index is 11.2. The van der Waals surface area contributed by atoms with Crippen LogP contribution in [-0.4, -0.2) is 26.7 Å². The first-order valence-corrected chi connectivity index (χ1v) is 7.03. The second-order valence-electron chi connectivity index (χ2n) is 4.15. The van der Waals surface area contributed by atoms with Gasteiger partial charge in [0.15, 0.2) is 5.03 Å². The second-order valence-corrected chi connectivity index (χ2v) is 5.16. The highest BCUT2D eigenvalue weighted by Crippen LogP contribution is 2.33. The van der Waals surface area contributed by atoms with E-state index in [9.17, 15) is 10.1 Å². The van der Waals surface area contributed by atoms with Crippen molar-refractivity contribution in [2.45, 2.75) is 38.3 Å². The van der Waals surface area contributed by atoms with Gasteiger partial charge in [-0.15, -0.1) is 6.58 Å². The molecule has 1 aromatic heterocycles. The van der Waals surface area contributed by atoms with E-state index in [1.54, 1.807) is 6.08 Å². The van der Waals surface area contributed by atoms with E-state index in [4.69, 9.17) is 0 Å². The van der Waals surface area contributed by atoms with Crippen LogP contribution < -0.4 is 5.32 Å². The summed E-state index contributed by atoms with van der Waals surface area (Å²) in [4.78, 5) is 19.3. The number of anilines is 1. The van der Waals surface area contributed by atoms with Crippen LogP contribution in [-0.2, 0) is 6.42 Å². The highest BCUT2D eigenvalue weighted by molar-refractivity contribution is 7.99. The van der Waals surface area contributed by atoms with Crippen LogP contribution in [0.3, 0.4) is 0 Å². The number of nitrogens with zero attached hydrogens (tertiary/aromatic N) is 3. The zero-order valence-corrected chi connectivity index (χ0v) is 12.2. The largest absolute Gasteiger partial charge is 0.362 e. The monoisotopic (exact) mass is 282 g/mol. The SMILES string of the molecule is C=CCSc1nc(CC)nc(NC(C)C)c1[N+](=O)[O-]. The summed E-state index contributed by atoms with van der Waals surface area (Å²) in [7, 11) is 0. The summed E-state index contributed by atoms with van der Waals surface area (Å²) in [6.07, 6.45) is 2.32. The van der Waals surface area contributed by atoms with Crippen LogP contribution in [0.2, 0.25) is 0 Å². The normalized spacial score (nSPS) is 10.5.